The molecule has 0 aliphatic carbocycles. The molecule has 3 rings (SSSR count). The second-order valence-electron chi connectivity index (χ2n) is 6.02. The van der Waals surface area contributed by atoms with Gasteiger partial charge in [-0.1, -0.05) is 18.2 Å². The predicted octanol–water partition coefficient (Wildman–Crippen LogP) is 4.33. The normalized spacial score (nSPS) is 10.7. The molecule has 0 radical (unpaired) electrons. The van der Waals surface area contributed by atoms with E-state index in [2.05, 4.69) is 60.7 Å². The van der Waals surface area contributed by atoms with Crippen LogP contribution in [0.4, 0.5) is 0 Å². The van der Waals surface area contributed by atoms with Crippen molar-refractivity contribution < 1.29 is 19.4 Å². The van der Waals surface area contributed by atoms with Crippen LogP contribution in [0.3, 0.4) is 0 Å². The van der Waals surface area contributed by atoms with E-state index >= 15 is 0 Å². The third-order valence-electron chi connectivity index (χ3n) is 3.88. The molecule has 0 bridgehead atoms. The summed E-state index contributed by atoms with van der Waals surface area (Å²) in [6.07, 6.45) is 3.10. The van der Waals surface area contributed by atoms with Crippen molar-refractivity contribution in [1.82, 2.24) is 10.4 Å². The Labute approximate surface area is 199 Å². The summed E-state index contributed by atoms with van der Waals surface area (Å²) >= 11 is 4.35. The number of benzene rings is 2. The van der Waals surface area contributed by atoms with Crippen molar-refractivity contribution in [2.75, 3.05) is 0 Å². The highest BCUT2D eigenvalue weighted by atomic mass is 127. The van der Waals surface area contributed by atoms with E-state index in [9.17, 15) is 9.59 Å². The number of hydrazone groups is 1. The van der Waals surface area contributed by atoms with E-state index in [1.165, 1.54) is 0 Å². The van der Waals surface area contributed by atoms with Crippen LogP contribution >= 0.6 is 45.2 Å². The van der Waals surface area contributed by atoms with Gasteiger partial charge in [-0.2, -0.15) is 5.10 Å². The molecule has 3 aromatic rings. The molecular weight excluding hydrogens is 612 g/mol. The fraction of sp³-hybridized carbons (Fsp3) is 0.0476. The number of pyridine rings is 1. The zero-order valence-corrected chi connectivity index (χ0v) is 19.7. The Morgan fingerprint density at radius 3 is 2.40 bits per heavy atom. The maximum Gasteiger partial charge on any atom is 0.335 e. The first-order valence-corrected chi connectivity index (χ1v) is 10.8. The van der Waals surface area contributed by atoms with E-state index in [1.54, 1.807) is 54.9 Å². The molecule has 152 valence electrons. The monoisotopic (exact) mass is 627 g/mol. The standard InChI is InChI=1S/C21H15I2N3O4/c22-16-9-14(11-25-26-20(27)18-3-1-2-8-24-18)10-17(23)19(16)30-12-13-4-6-15(7-5-13)21(28)29/h1-11H,12H2,(H,26,27)(H,28,29)/b25-11-. The van der Waals surface area contributed by atoms with E-state index in [-0.39, 0.29) is 11.5 Å². The lowest BCUT2D eigenvalue weighted by atomic mass is 10.1. The van der Waals surface area contributed by atoms with Crippen LogP contribution in [0.5, 0.6) is 5.75 Å². The van der Waals surface area contributed by atoms with Crippen molar-refractivity contribution in [2.45, 2.75) is 6.61 Å². The van der Waals surface area contributed by atoms with Crippen molar-refractivity contribution in [3.05, 3.63) is 90.3 Å². The number of hydrogen-bond donors (Lipinski definition) is 2. The molecule has 0 saturated heterocycles. The second-order valence-corrected chi connectivity index (χ2v) is 8.34. The predicted molar refractivity (Wildman–Crippen MR) is 129 cm³/mol. The first-order chi connectivity index (χ1) is 14.4. The first-order valence-electron chi connectivity index (χ1n) is 8.62. The Morgan fingerprint density at radius 1 is 1.10 bits per heavy atom. The van der Waals surface area contributed by atoms with E-state index < -0.39 is 5.97 Å². The van der Waals surface area contributed by atoms with Gasteiger partial charge in [0.05, 0.1) is 18.9 Å². The summed E-state index contributed by atoms with van der Waals surface area (Å²) in [4.78, 5) is 26.9. The molecule has 0 fully saturated rings. The summed E-state index contributed by atoms with van der Waals surface area (Å²) in [6.45, 7) is 0.319. The molecule has 0 spiro atoms. The summed E-state index contributed by atoms with van der Waals surface area (Å²) in [5.41, 5.74) is 4.66. The minimum Gasteiger partial charge on any atom is -0.487 e. The van der Waals surface area contributed by atoms with Gasteiger partial charge in [-0.3, -0.25) is 9.78 Å². The minimum atomic E-state index is -0.958. The molecule has 2 N–H and O–H groups in total. The lowest BCUT2D eigenvalue weighted by Crippen LogP contribution is -2.18. The number of carbonyl (C=O) groups excluding carboxylic acids is 1. The summed E-state index contributed by atoms with van der Waals surface area (Å²) in [5, 5.41) is 12.9. The van der Waals surface area contributed by atoms with E-state index in [1.807, 2.05) is 12.1 Å². The van der Waals surface area contributed by atoms with Crippen LogP contribution < -0.4 is 10.2 Å². The Bertz CT molecular complexity index is 1060. The van der Waals surface area contributed by atoms with Crippen LogP contribution in [0.15, 0.2) is 65.9 Å². The Morgan fingerprint density at radius 2 is 1.80 bits per heavy atom. The molecule has 0 aliphatic heterocycles. The van der Waals surface area contributed by atoms with Crippen LogP contribution in [0, 0.1) is 7.14 Å². The number of aromatic nitrogens is 1. The maximum absolute atomic E-state index is 12.0. The van der Waals surface area contributed by atoms with Crippen LogP contribution in [0.2, 0.25) is 0 Å². The summed E-state index contributed by atoms with van der Waals surface area (Å²) in [5.74, 6) is -0.613. The van der Waals surface area contributed by atoms with Crippen LogP contribution in [-0.2, 0) is 6.61 Å². The summed E-state index contributed by atoms with van der Waals surface area (Å²) < 4.78 is 7.70. The molecule has 1 heterocycles. The van der Waals surface area contributed by atoms with Gasteiger partial charge in [0.2, 0.25) is 0 Å². The SMILES string of the molecule is O=C(O)c1ccc(COc2c(I)cc(/C=N\NC(=O)c3ccccn3)cc2I)cc1. The molecule has 1 aromatic heterocycles. The largest absolute Gasteiger partial charge is 0.487 e. The van der Waals surface area contributed by atoms with Gasteiger partial charge >= 0.3 is 5.97 Å². The molecule has 0 saturated carbocycles. The number of carboxylic acids is 1. The van der Waals surface area contributed by atoms with Gasteiger partial charge < -0.3 is 9.84 Å². The molecule has 7 nitrogen and oxygen atoms in total. The Hall–Kier alpha value is -2.54. The highest BCUT2D eigenvalue weighted by Gasteiger charge is 2.10. The number of amides is 1. The number of rotatable bonds is 7. The van der Waals surface area contributed by atoms with Crippen molar-refractivity contribution in [2.24, 2.45) is 5.10 Å². The Balaban J connectivity index is 1.63. The van der Waals surface area contributed by atoms with E-state index in [0.29, 0.717) is 12.3 Å². The first kappa shape index (κ1) is 22.2. The number of nitrogens with zero attached hydrogens (tertiary/aromatic N) is 2. The minimum absolute atomic E-state index is 0.238. The van der Waals surface area contributed by atoms with Gasteiger partial charge in [0.1, 0.15) is 18.1 Å². The number of carbonyl (C=O) groups is 2. The van der Waals surface area contributed by atoms with Crippen LogP contribution in [0.1, 0.15) is 32.0 Å². The number of carboxylic acid groups (broad SMARTS) is 1. The average Bonchev–Trinajstić information content (AvgIpc) is 2.74. The molecule has 1 amide bonds. The van der Waals surface area contributed by atoms with Crippen molar-refractivity contribution in [3.8, 4) is 5.75 Å². The number of nitrogens with one attached hydrogen (secondary N) is 1. The lowest BCUT2D eigenvalue weighted by molar-refractivity contribution is 0.0696. The highest BCUT2D eigenvalue weighted by Crippen LogP contribution is 2.29. The molecule has 0 atom stereocenters. The molecule has 9 heteroatoms. The highest BCUT2D eigenvalue weighted by molar-refractivity contribution is 14.1. The topological polar surface area (TPSA) is 101 Å². The van der Waals surface area contributed by atoms with Gasteiger partial charge in [0.15, 0.2) is 0 Å². The van der Waals surface area contributed by atoms with Gasteiger partial charge in [-0.05, 0) is 92.7 Å². The zero-order chi connectivity index (χ0) is 21.5. The molecule has 0 unspecified atom stereocenters. The van der Waals surface area contributed by atoms with Gasteiger partial charge in [0, 0.05) is 6.20 Å². The van der Waals surface area contributed by atoms with Crippen molar-refractivity contribution in [1.29, 1.82) is 0 Å². The van der Waals surface area contributed by atoms with Crippen molar-refractivity contribution >= 4 is 63.3 Å². The lowest BCUT2D eigenvalue weighted by Gasteiger charge is -2.11. The molecular formula is C21H15I2N3O4. The van der Waals surface area contributed by atoms with Crippen molar-refractivity contribution in [3.63, 3.8) is 0 Å². The zero-order valence-electron chi connectivity index (χ0n) is 15.4. The fourth-order valence-electron chi connectivity index (χ4n) is 2.41. The van der Waals surface area contributed by atoms with E-state index in [0.717, 1.165) is 24.0 Å². The van der Waals surface area contributed by atoms with Crippen LogP contribution in [-0.4, -0.2) is 28.2 Å². The van der Waals surface area contributed by atoms with Gasteiger partial charge in [0.25, 0.3) is 5.91 Å². The fourth-order valence-corrected chi connectivity index (χ4v) is 4.54. The number of ether oxygens (including phenoxy) is 1. The molecule has 0 aliphatic rings. The summed E-state index contributed by atoms with van der Waals surface area (Å²) in [6, 6.07) is 15.4. The van der Waals surface area contributed by atoms with Gasteiger partial charge in [-0.15, -0.1) is 0 Å². The molecule has 30 heavy (non-hydrogen) atoms. The average molecular weight is 627 g/mol. The van der Waals surface area contributed by atoms with E-state index in [4.69, 9.17) is 9.84 Å². The third kappa shape index (κ3) is 5.98. The number of hydrogen-bond acceptors (Lipinski definition) is 5. The smallest absolute Gasteiger partial charge is 0.335 e. The van der Waals surface area contributed by atoms with Gasteiger partial charge in [-0.25, -0.2) is 10.2 Å². The third-order valence-corrected chi connectivity index (χ3v) is 5.48. The number of halogens is 2. The van der Waals surface area contributed by atoms with Crippen LogP contribution in [0.25, 0.3) is 0 Å². The second kappa shape index (κ2) is 10.5. The molecule has 2 aromatic carbocycles. The maximum atomic E-state index is 12.0. The number of aromatic carboxylic acids is 1. The Kier molecular flexibility index (Phi) is 7.74. The quantitative estimate of drug-likeness (QED) is 0.231. The summed E-state index contributed by atoms with van der Waals surface area (Å²) in [7, 11) is 0.